The van der Waals surface area contributed by atoms with E-state index in [2.05, 4.69) is 96.7 Å². The number of carbonyl (C=O) groups excluding carboxylic acids is 1. The molecule has 14 nitrogen and oxygen atoms in total. The van der Waals surface area contributed by atoms with Crippen LogP contribution in [-0.2, 0) is 25.7 Å². The van der Waals surface area contributed by atoms with Crippen molar-refractivity contribution >= 4 is 40.6 Å². The fourth-order valence-electron chi connectivity index (χ4n) is 10.3. The van der Waals surface area contributed by atoms with Crippen LogP contribution in [0.25, 0.3) is 11.4 Å². The van der Waals surface area contributed by atoms with E-state index in [4.69, 9.17) is 32.7 Å². The van der Waals surface area contributed by atoms with Gasteiger partial charge in [0.15, 0.2) is 0 Å². The Morgan fingerprint density at radius 3 is 1.47 bits per heavy atom. The Labute approximate surface area is 460 Å². The van der Waals surface area contributed by atoms with Crippen molar-refractivity contribution < 1.29 is 14.3 Å². The van der Waals surface area contributed by atoms with Crippen molar-refractivity contribution in [2.75, 3.05) is 62.2 Å². The van der Waals surface area contributed by atoms with Crippen molar-refractivity contribution in [3.63, 3.8) is 0 Å². The SMILES string of the molecule is C.C=C=C=C=C=C=C.O=C(NC1CCCCC1)N1CCN(c2cnn(-c3cccc(Cl)c3)c(=O)c2OC2Cc3ccccc3C2)CC1.O=c1c(OC2Cc3ccccc3C2)c(N2CCNCC2)cnn1-c1cccc(Cl)c1. The molecule has 2 amide bonds. The molecule has 398 valence electrons. The number of anilines is 2. The first kappa shape index (κ1) is 55.5. The molecular formula is C61H65Cl2N9O5. The van der Waals surface area contributed by atoms with Crippen LogP contribution in [0.3, 0.4) is 0 Å². The zero-order valence-corrected chi connectivity index (χ0v) is 44.0. The number of urea groups is 1. The van der Waals surface area contributed by atoms with Crippen molar-refractivity contribution in [2.45, 2.75) is 83.5 Å². The highest BCUT2D eigenvalue weighted by atomic mass is 35.5. The Bertz CT molecular complexity index is 3270. The van der Waals surface area contributed by atoms with Crippen LogP contribution in [0.2, 0.25) is 10.0 Å². The summed E-state index contributed by atoms with van der Waals surface area (Å²) in [6, 6.07) is 31.2. The monoisotopic (exact) mass is 1070 g/mol. The van der Waals surface area contributed by atoms with Crippen LogP contribution in [-0.4, -0.2) is 101 Å². The minimum Gasteiger partial charge on any atom is -0.482 e. The minimum atomic E-state index is -0.316. The van der Waals surface area contributed by atoms with Crippen molar-refractivity contribution in [2.24, 2.45) is 0 Å². The molecule has 2 aromatic heterocycles. The van der Waals surface area contributed by atoms with Crippen molar-refractivity contribution in [1.29, 1.82) is 0 Å². The highest BCUT2D eigenvalue weighted by molar-refractivity contribution is 6.31. The Balaban J connectivity index is 0.000000184. The largest absolute Gasteiger partial charge is 0.482 e. The van der Waals surface area contributed by atoms with Crippen LogP contribution in [0, 0.1) is 0 Å². The predicted molar refractivity (Wildman–Crippen MR) is 306 cm³/mol. The van der Waals surface area contributed by atoms with E-state index in [9.17, 15) is 14.4 Å². The highest BCUT2D eigenvalue weighted by Gasteiger charge is 2.31. The van der Waals surface area contributed by atoms with Crippen LogP contribution in [0.5, 0.6) is 11.5 Å². The van der Waals surface area contributed by atoms with Crippen LogP contribution >= 0.6 is 23.2 Å². The lowest BCUT2D eigenvalue weighted by Gasteiger charge is -2.37. The van der Waals surface area contributed by atoms with E-state index in [1.165, 1.54) is 50.9 Å². The molecular weight excluding hydrogens is 1010 g/mol. The van der Waals surface area contributed by atoms with Gasteiger partial charge >= 0.3 is 17.1 Å². The highest BCUT2D eigenvalue weighted by Crippen LogP contribution is 2.33. The van der Waals surface area contributed by atoms with E-state index in [1.807, 2.05) is 41.3 Å². The average Bonchev–Trinajstić information content (AvgIpc) is 4.07. The molecule has 6 aromatic rings. The van der Waals surface area contributed by atoms with Crippen molar-refractivity contribution in [3.05, 3.63) is 204 Å². The third kappa shape index (κ3) is 14.0. The van der Waals surface area contributed by atoms with E-state index in [0.717, 1.165) is 70.4 Å². The number of amides is 2. The molecule has 4 aromatic carbocycles. The Kier molecular flexibility index (Phi) is 19.4. The molecule has 2 aliphatic heterocycles. The zero-order valence-electron chi connectivity index (χ0n) is 42.5. The zero-order chi connectivity index (χ0) is 52.8. The van der Waals surface area contributed by atoms with Crippen molar-refractivity contribution in [3.8, 4) is 22.9 Å². The maximum atomic E-state index is 13.8. The van der Waals surface area contributed by atoms with E-state index in [0.29, 0.717) is 64.8 Å². The molecule has 5 aliphatic rings. The van der Waals surface area contributed by atoms with Crippen LogP contribution < -0.4 is 41.0 Å². The second-order valence-electron chi connectivity index (χ2n) is 19.2. The van der Waals surface area contributed by atoms with Gasteiger partial charge in [0.05, 0.1) is 23.8 Å². The third-order valence-corrected chi connectivity index (χ3v) is 14.6. The first-order valence-corrected chi connectivity index (χ1v) is 26.7. The number of nitrogens with one attached hydrogen (secondary N) is 2. The molecule has 77 heavy (non-hydrogen) atoms. The van der Waals surface area contributed by atoms with Gasteiger partial charge in [-0.3, -0.25) is 9.59 Å². The van der Waals surface area contributed by atoms with Gasteiger partial charge in [-0.15, -0.1) is 0 Å². The smallest absolute Gasteiger partial charge is 0.317 e. The second-order valence-corrected chi connectivity index (χ2v) is 20.0. The van der Waals surface area contributed by atoms with Crippen LogP contribution in [0.15, 0.2) is 161 Å². The molecule has 0 radical (unpaired) electrons. The average molecular weight is 1080 g/mol. The standard InChI is InChI=1S/C30H34ClN5O3.C23H23ClN4O2.C7H4.CH4/c31-23-9-6-12-25(19-23)36-29(37)28(39-26-17-21-7-4-5-8-22(21)18-26)27(20-32-36)34-13-15-35(16-14-34)30(38)33-24-10-2-1-3-11-24;24-18-6-3-7-19(14-18)28-23(29)22(21(15-26-28)27-10-8-25-9-11-27)30-20-12-16-4-1-2-5-17(16)13-20;1-3-5-7-6-4-2;/h4-9,12,19-20,24,26H,1-3,10-11,13-18H2,(H,33,38);1-7,14-15,20,25H,8-13H2;1-2H2;1H4. The van der Waals surface area contributed by atoms with Gasteiger partial charge in [-0.05, 0) is 102 Å². The summed E-state index contributed by atoms with van der Waals surface area (Å²) < 4.78 is 15.6. The van der Waals surface area contributed by atoms with Gasteiger partial charge in [0, 0.05) is 94.1 Å². The maximum absolute atomic E-state index is 13.8. The number of benzene rings is 4. The number of fused-ring (bicyclic) bond motifs is 2. The molecule has 3 aliphatic carbocycles. The lowest BCUT2D eigenvalue weighted by molar-refractivity contribution is 0.186. The summed E-state index contributed by atoms with van der Waals surface area (Å²) in [5.41, 5.74) is 19.2. The van der Waals surface area contributed by atoms with Gasteiger partial charge in [-0.1, -0.05) is 122 Å². The summed E-state index contributed by atoms with van der Waals surface area (Å²) in [6.45, 7) is 12.2. The van der Waals surface area contributed by atoms with Gasteiger partial charge in [0.2, 0.25) is 11.5 Å². The van der Waals surface area contributed by atoms with Gasteiger partial charge in [0.1, 0.15) is 23.6 Å². The molecule has 16 heteroatoms. The molecule has 0 atom stereocenters. The fraction of sp³-hybridized carbons (Fsp3) is 0.344. The molecule has 0 spiro atoms. The summed E-state index contributed by atoms with van der Waals surface area (Å²) >= 11 is 12.3. The normalized spacial score (nSPS) is 15.9. The molecule has 0 bridgehead atoms. The fourth-order valence-corrected chi connectivity index (χ4v) is 10.7. The van der Waals surface area contributed by atoms with E-state index in [1.54, 1.807) is 48.8 Å². The number of aromatic nitrogens is 4. The second kappa shape index (κ2) is 26.9. The van der Waals surface area contributed by atoms with Gasteiger partial charge in [-0.2, -0.15) is 19.6 Å². The summed E-state index contributed by atoms with van der Waals surface area (Å²) in [4.78, 5) is 46.4. The minimum absolute atomic E-state index is 0. The number of piperazine rings is 2. The van der Waals surface area contributed by atoms with E-state index < -0.39 is 0 Å². The van der Waals surface area contributed by atoms with Gasteiger partial charge in [0.25, 0.3) is 0 Å². The first-order chi connectivity index (χ1) is 37.1. The number of nitrogens with zero attached hydrogens (tertiary/aromatic N) is 7. The summed E-state index contributed by atoms with van der Waals surface area (Å²) in [6.07, 6.45) is 12.1. The molecule has 11 rings (SSSR count). The molecule has 3 fully saturated rings. The quantitative estimate of drug-likeness (QED) is 0.135. The topological polar surface area (TPSA) is 139 Å². The molecule has 2 N–H and O–H groups in total. The number of hydrogen-bond donors (Lipinski definition) is 2. The summed E-state index contributed by atoms with van der Waals surface area (Å²) in [5.74, 6) is 0.660. The first-order valence-electron chi connectivity index (χ1n) is 25.9. The van der Waals surface area contributed by atoms with E-state index >= 15 is 0 Å². The number of rotatable bonds is 9. The van der Waals surface area contributed by atoms with Gasteiger partial charge < -0.3 is 34.8 Å². The third-order valence-electron chi connectivity index (χ3n) is 14.1. The maximum Gasteiger partial charge on any atom is 0.317 e. The Hall–Kier alpha value is -7.71. The van der Waals surface area contributed by atoms with Crippen molar-refractivity contribution in [1.82, 2.24) is 35.1 Å². The Morgan fingerprint density at radius 2 is 1.04 bits per heavy atom. The van der Waals surface area contributed by atoms with E-state index in [-0.39, 0.29) is 42.8 Å². The van der Waals surface area contributed by atoms with Gasteiger partial charge in [-0.25, -0.2) is 4.79 Å². The molecule has 0 unspecified atom stereocenters. The van der Waals surface area contributed by atoms with Crippen LogP contribution in [0.1, 0.15) is 61.8 Å². The lowest BCUT2D eigenvalue weighted by Crippen LogP contribution is -2.54. The predicted octanol–water partition coefficient (Wildman–Crippen LogP) is 9.65. The number of halogens is 2. The molecule has 4 heterocycles. The number of carbonyl (C=O) groups is 1. The Morgan fingerprint density at radius 1 is 0.597 bits per heavy atom. The number of hydrogen-bond acceptors (Lipinski definition) is 10. The lowest BCUT2D eigenvalue weighted by atomic mass is 9.96. The molecule has 2 saturated heterocycles. The summed E-state index contributed by atoms with van der Waals surface area (Å²) in [5, 5.41) is 16.6. The molecule has 1 saturated carbocycles. The van der Waals surface area contributed by atoms with Crippen LogP contribution in [0.4, 0.5) is 16.2 Å². The summed E-state index contributed by atoms with van der Waals surface area (Å²) in [7, 11) is 0. The number of ether oxygens (including phenoxy) is 2.